The molecule has 7 aliphatic carbocycles. The largest absolute Gasteiger partial charge is 0.481 e. The third kappa shape index (κ3) is 31.6. The minimum absolute atomic E-state index is 0.00781. The van der Waals surface area contributed by atoms with E-state index in [0.717, 1.165) is 93.3 Å². The number of amides is 5. The number of carboxylic acids is 2. The molecule has 34 heteroatoms. The first-order valence-corrected chi connectivity index (χ1v) is 51.9. The minimum atomic E-state index is -3.72. The topological polar surface area (TPSA) is 481 Å². The van der Waals surface area contributed by atoms with Crippen molar-refractivity contribution in [3.8, 4) is 45.5 Å². The number of nitrogens with zero attached hydrogens (tertiary/aromatic N) is 5. The summed E-state index contributed by atoms with van der Waals surface area (Å²) in [6.07, 6.45) is 5.88. The Morgan fingerprint density at radius 1 is 0.392 bits per heavy atom. The van der Waals surface area contributed by atoms with Gasteiger partial charge in [-0.2, -0.15) is 18.9 Å². The highest BCUT2D eigenvalue weighted by Gasteiger charge is 2.45. The fraction of sp³-hybridized carbons (Fsp3) is 0.474. The summed E-state index contributed by atoms with van der Waals surface area (Å²) in [4.78, 5) is 146. The molecule has 148 heavy (non-hydrogen) atoms. The van der Waals surface area contributed by atoms with Gasteiger partial charge in [0, 0.05) is 74.1 Å². The summed E-state index contributed by atoms with van der Waals surface area (Å²) in [5.74, 6) is -1.46. The fourth-order valence-electron chi connectivity index (χ4n) is 20.5. The zero-order valence-corrected chi connectivity index (χ0v) is 87.1. The molecule has 7 aromatic carbocycles. The van der Waals surface area contributed by atoms with Crippen molar-refractivity contribution in [2.75, 3.05) is 52.5 Å². The number of carbonyl (C=O) groups excluding carboxylic acids is 10. The van der Waals surface area contributed by atoms with Crippen LogP contribution >= 0.6 is 0 Å². The van der Waals surface area contributed by atoms with Gasteiger partial charge >= 0.3 is 42.4 Å². The summed E-state index contributed by atoms with van der Waals surface area (Å²) in [6.45, 7) is 29.9. The number of ketones is 5. The smallest absolute Gasteiger partial charge is 0.413 e. The summed E-state index contributed by atoms with van der Waals surface area (Å²) in [5, 5.41) is 64.8. The van der Waals surface area contributed by atoms with Gasteiger partial charge in [0.05, 0.1) is 59.3 Å². The van der Waals surface area contributed by atoms with E-state index in [1.807, 2.05) is 91.9 Å². The van der Waals surface area contributed by atoms with E-state index in [-0.39, 0.29) is 162 Å². The number of aliphatic hydroxyl groups excluding tert-OH is 2. The van der Waals surface area contributed by atoms with Gasteiger partial charge in [-0.1, -0.05) is 176 Å². The second kappa shape index (κ2) is 52.1. The quantitative estimate of drug-likeness (QED) is 0.0206. The number of nitrogens with one attached hydrogen (secondary N) is 4. The van der Waals surface area contributed by atoms with Gasteiger partial charge in [0.2, 0.25) is 0 Å². The molecule has 33 nitrogen and oxygen atoms in total. The van der Waals surface area contributed by atoms with E-state index in [2.05, 4.69) is 107 Å². The van der Waals surface area contributed by atoms with Gasteiger partial charge in [-0.3, -0.25) is 58.3 Å². The molecule has 5 amide bonds. The van der Waals surface area contributed by atoms with Crippen LogP contribution in [0.1, 0.15) is 229 Å². The number of Topliss-reactive ketones (excluding diaryl/α,β-unsaturated/α-hetero) is 5. The maximum absolute atomic E-state index is 13.1. The lowest BCUT2D eigenvalue weighted by Crippen LogP contribution is -2.41. The molecular weight excluding hydrogens is 1910 g/mol. The van der Waals surface area contributed by atoms with Crippen LogP contribution in [0.15, 0.2) is 200 Å². The lowest BCUT2D eigenvalue weighted by Gasteiger charge is -2.23. The first kappa shape index (κ1) is 114. The highest BCUT2D eigenvalue weighted by Crippen LogP contribution is 2.49. The summed E-state index contributed by atoms with van der Waals surface area (Å²) in [7, 11) is -3.72. The van der Waals surface area contributed by atoms with Gasteiger partial charge in [-0.15, -0.1) is 0 Å². The number of hydrogen-bond donors (Lipinski definition) is 8. The molecule has 0 radical (unpaired) electrons. The fourth-order valence-corrected chi connectivity index (χ4v) is 21.6. The Balaban J connectivity index is 0.000000175. The van der Waals surface area contributed by atoms with Crippen molar-refractivity contribution in [1.82, 2.24) is 36.0 Å². The zero-order valence-electron chi connectivity index (χ0n) is 86.3. The van der Waals surface area contributed by atoms with Crippen LogP contribution in [0.2, 0.25) is 0 Å². The Kier molecular flexibility index (Phi) is 40.3. The lowest BCUT2D eigenvalue weighted by molar-refractivity contribution is -0.142. The van der Waals surface area contributed by atoms with E-state index in [4.69, 9.17) is 53.7 Å². The number of ether oxygens (including phenoxy) is 5. The van der Waals surface area contributed by atoms with E-state index in [0.29, 0.717) is 83.2 Å². The molecule has 0 aromatic heterocycles. The molecule has 0 unspecified atom stereocenters. The van der Waals surface area contributed by atoms with Gasteiger partial charge in [0.25, 0.3) is 10.1 Å². The molecule has 14 atom stereocenters. The second-order valence-electron chi connectivity index (χ2n) is 41.5. The Bertz CT molecular complexity index is 5820. The van der Waals surface area contributed by atoms with Gasteiger partial charge in [0.15, 0.2) is 11.6 Å². The number of aryl methyl sites for hydroxylation is 1. The highest BCUT2D eigenvalue weighted by molar-refractivity contribution is 7.86. The molecule has 790 valence electrons. The van der Waals surface area contributed by atoms with Crippen LogP contribution in [0.25, 0.3) is 33.4 Å². The number of aliphatic hydroxyl groups is 2. The third-order valence-electron chi connectivity index (χ3n) is 28.2. The van der Waals surface area contributed by atoms with Crippen LogP contribution in [-0.2, 0) is 71.5 Å². The first-order valence-electron chi connectivity index (χ1n) is 50.5. The number of hydrogen-bond acceptors (Lipinski definition) is 26. The van der Waals surface area contributed by atoms with Crippen molar-refractivity contribution in [3.63, 3.8) is 0 Å². The summed E-state index contributed by atoms with van der Waals surface area (Å²) in [5.41, 5.74) is 13.4. The average Bonchev–Trinajstić information content (AvgIpc) is 1.62. The number of carboxylic acid groups (broad SMARTS) is 2. The van der Waals surface area contributed by atoms with E-state index in [9.17, 15) is 71.1 Å². The van der Waals surface area contributed by atoms with E-state index in [1.54, 1.807) is 86.6 Å². The van der Waals surface area contributed by atoms with E-state index >= 15 is 0 Å². The maximum Gasteiger partial charge on any atom is 0.413 e. The number of aliphatic carboxylic acids is 2. The van der Waals surface area contributed by atoms with Crippen molar-refractivity contribution < 1.29 is 114 Å². The zero-order chi connectivity index (χ0) is 108. The minimum Gasteiger partial charge on any atom is -0.481 e. The van der Waals surface area contributed by atoms with Crippen molar-refractivity contribution in [2.24, 2.45) is 47.3 Å². The van der Waals surface area contributed by atoms with Crippen molar-refractivity contribution in [1.29, 1.82) is 10.5 Å². The number of carbonyl (C=O) groups is 12. The van der Waals surface area contributed by atoms with Crippen molar-refractivity contribution in [2.45, 2.75) is 250 Å². The van der Waals surface area contributed by atoms with Crippen LogP contribution in [0, 0.1) is 76.9 Å². The Morgan fingerprint density at radius 2 is 0.716 bits per heavy atom. The molecule has 8 N–H and O–H groups in total. The molecule has 10 aliphatic rings. The van der Waals surface area contributed by atoms with E-state index in [1.165, 1.54) is 39.7 Å². The molecule has 3 heterocycles. The number of likely N-dealkylation sites (tertiary alicyclic amines) is 3. The number of nitriles is 2. The lowest BCUT2D eigenvalue weighted by atomic mass is 9.98. The predicted molar refractivity (Wildman–Crippen MR) is 552 cm³/mol. The second-order valence-corrected chi connectivity index (χ2v) is 43.1. The molecular formula is C114H139N9O24S. The van der Waals surface area contributed by atoms with Crippen LogP contribution in [-0.4, -0.2) is 215 Å². The standard InChI is InChI=1S/C29H35N3O5.C28H33N3O6.C22H20N2O3.C14H18O4S.C8H11NO.C7H12O2.C6H10O3/c1-18(33)26-14-20(15-30-19(2)31-27(34)37-29(3,4)5)16-32(26)28(35)36-17-25-23-12-8-6-10-21(23)22-11-7-9-13-24(22)25;1-17(30-26(34)37-28(2,3)4)29-14-18-13-24(25(32)33)31(15-18)27(35)36-16-23-21-11-7-5-9-19(21)20-10-6-8-12-22(20)23;1-14(25)21-10-15(11-23)12-24(21)22(26)27-13-20-18-8-4-2-6-16(18)17-7-3-5-9-19(17)20;1-10-3-7-14(8-4-10)19(16,17)18-13-6-5-12(9-13)11(2)15;1-6(10)8-3-2-7(4-8)5-9;1-5(8)6-2-3-7(9)4-6;7-5-2-1-4(3-5)6(8)9/h6-13,20,25-26,30H,2,14-17H2,1,3-5H3,(H,31,34);5-12,18,23-24,29H,1,13-16H2,2-4H3,(H,30,34)(H,32,33);2-9,15,20-21H,10,12-13H2,1H3;3-4,7-8,12-13H,5-6,9H2,1-2H3;7-8H,2-4H2,1H3;6-7,9H,2-4H2,1H3;4-5,7H,1-3H2,(H,8,9)/t20-,26-;18-,24-;15-,21-;12-,13+;7-,8-;6-,7+;4-,5+/m0000000/s1. The van der Waals surface area contributed by atoms with Crippen LogP contribution < -0.4 is 21.3 Å². The van der Waals surface area contributed by atoms with Crippen LogP contribution in [0.5, 0.6) is 0 Å². The number of alkyl carbamates (subject to hydrolysis) is 2. The summed E-state index contributed by atoms with van der Waals surface area (Å²) in [6, 6.07) is 57.5. The normalized spacial score (nSPS) is 22.4. The molecule has 4 saturated carbocycles. The Morgan fingerprint density at radius 3 is 1.02 bits per heavy atom. The highest BCUT2D eigenvalue weighted by atomic mass is 32.2. The van der Waals surface area contributed by atoms with E-state index < -0.39 is 81.9 Å². The average molecular weight is 2050 g/mol. The number of rotatable bonds is 24. The van der Waals surface area contributed by atoms with Gasteiger partial charge in [-0.05, 0) is 270 Å². The van der Waals surface area contributed by atoms with Crippen molar-refractivity contribution in [3.05, 3.63) is 234 Å². The number of fused-ring (bicyclic) bond motifs is 9. The third-order valence-corrected chi connectivity index (χ3v) is 29.5. The van der Waals surface area contributed by atoms with Crippen LogP contribution in [0.3, 0.4) is 0 Å². The molecule has 0 spiro atoms. The molecule has 17 rings (SSSR count). The molecule has 3 aliphatic heterocycles. The monoisotopic (exact) mass is 2050 g/mol. The Hall–Kier alpha value is -13.9. The van der Waals surface area contributed by atoms with Gasteiger partial charge in [-0.25, -0.2) is 28.8 Å². The molecule has 3 saturated heterocycles. The molecule has 7 fully saturated rings. The first-order chi connectivity index (χ1) is 70.2. The SMILES string of the molecule is C=C(NC[C@@H]1C[C@@H](C(=O)O)N(C(=O)OCC2c3ccccc3-c3ccccc32)C1)NC(=O)OC(C)(C)C.C=C(NC[C@@H]1C[C@@H](C(C)=O)N(C(=O)OCC2c3ccccc3-c3ccccc32)C1)NC(=O)OC(C)(C)C.CC(=O)[C@@H]1C[C@@H](C#N)CN1C(=O)OCC1c2ccccc2-c2ccccc21.CC(=O)[C@H]1CC[C@@H](O)C1.CC(=O)[C@H]1CC[C@@H](OS(=O)(=O)c2ccc(C)cc2)C1.CC(=O)[C@H]1CC[C@H](C#N)C1.O=C(O)[C@H]1CC[C@@H](O)C1. The molecule has 7 aromatic rings. The van der Waals surface area contributed by atoms with Crippen LogP contribution in [0.4, 0.5) is 24.0 Å². The summed E-state index contributed by atoms with van der Waals surface area (Å²) < 4.78 is 56.9. The van der Waals surface area contributed by atoms with Crippen molar-refractivity contribution >= 4 is 81.4 Å². The van der Waals surface area contributed by atoms with Gasteiger partial charge < -0.3 is 54.7 Å². The number of benzene rings is 7. The summed E-state index contributed by atoms with van der Waals surface area (Å²) >= 11 is 0. The molecule has 0 bridgehead atoms. The maximum atomic E-state index is 13.1. The van der Waals surface area contributed by atoms with Gasteiger partial charge in [0.1, 0.15) is 66.1 Å². The predicted octanol–water partition coefficient (Wildman–Crippen LogP) is 17.8. The Labute approximate surface area is 866 Å².